The van der Waals surface area contributed by atoms with Crippen LogP contribution in [0.25, 0.3) is 0 Å². The van der Waals surface area contributed by atoms with Gasteiger partial charge >= 0.3 is 0 Å². The van der Waals surface area contributed by atoms with Crippen LogP contribution in [-0.2, 0) is 11.4 Å². The van der Waals surface area contributed by atoms with Gasteiger partial charge in [-0.25, -0.2) is 5.43 Å². The van der Waals surface area contributed by atoms with Crippen molar-refractivity contribution in [1.29, 1.82) is 0 Å². The minimum atomic E-state index is -0.375. The summed E-state index contributed by atoms with van der Waals surface area (Å²) in [5.41, 5.74) is 5.20. The maximum Gasteiger partial charge on any atom is 0.271 e. The van der Waals surface area contributed by atoms with Crippen LogP contribution in [0, 0.1) is 0 Å². The summed E-state index contributed by atoms with van der Waals surface area (Å²) in [5.74, 6) is 0.726. The van der Waals surface area contributed by atoms with Crippen molar-refractivity contribution in [2.45, 2.75) is 19.4 Å². The summed E-state index contributed by atoms with van der Waals surface area (Å²) in [5, 5.41) is 4.70. The number of amides is 2. The molecule has 1 aliphatic rings. The lowest BCUT2D eigenvalue weighted by Crippen LogP contribution is -2.24. The number of carbonyl (C=O) groups is 2. The van der Waals surface area contributed by atoms with Gasteiger partial charge in [-0.2, -0.15) is 5.10 Å². The van der Waals surface area contributed by atoms with E-state index in [-0.39, 0.29) is 18.4 Å². The number of halogens is 2. The number of benzene rings is 3. The van der Waals surface area contributed by atoms with Crippen LogP contribution in [0.15, 0.2) is 70.2 Å². The topological polar surface area (TPSA) is 80.2 Å². The average molecular weight is 557 g/mol. The standard InChI is InChI=1S/C26H23BrClN3O4/c1-34-23-13-17(12-21(27)25(23)35-16-19-6-2-3-9-22(19)28)15-29-30-26(33)18-7-4-8-20(14-18)31-11-5-10-24(31)32/h2-4,6-9,12-15H,5,10-11,16H2,1H3,(H,30,33)/b29-15+. The molecule has 7 nitrogen and oxygen atoms in total. The molecule has 0 radical (unpaired) electrons. The second-order valence-corrected chi connectivity index (χ2v) is 9.07. The van der Waals surface area contributed by atoms with E-state index in [1.165, 1.54) is 6.21 Å². The van der Waals surface area contributed by atoms with E-state index in [1.807, 2.05) is 30.3 Å². The highest BCUT2D eigenvalue weighted by molar-refractivity contribution is 9.10. The van der Waals surface area contributed by atoms with Crippen LogP contribution in [0.3, 0.4) is 0 Å². The second kappa shape index (κ2) is 11.4. The number of hydrogen-bond donors (Lipinski definition) is 1. The molecule has 0 aliphatic carbocycles. The highest BCUT2D eigenvalue weighted by Gasteiger charge is 2.22. The third-order valence-corrected chi connectivity index (χ3v) is 6.41. The van der Waals surface area contributed by atoms with Crippen molar-refractivity contribution in [3.05, 3.63) is 86.8 Å². The number of anilines is 1. The van der Waals surface area contributed by atoms with E-state index >= 15 is 0 Å². The van der Waals surface area contributed by atoms with Gasteiger partial charge in [0, 0.05) is 34.8 Å². The Kier molecular flexibility index (Phi) is 8.05. The smallest absolute Gasteiger partial charge is 0.271 e. The lowest BCUT2D eigenvalue weighted by molar-refractivity contribution is -0.117. The summed E-state index contributed by atoms with van der Waals surface area (Å²) in [6.07, 6.45) is 2.86. The van der Waals surface area contributed by atoms with Crippen molar-refractivity contribution in [2.75, 3.05) is 18.6 Å². The summed E-state index contributed by atoms with van der Waals surface area (Å²) in [6.45, 7) is 0.942. The van der Waals surface area contributed by atoms with E-state index in [9.17, 15) is 9.59 Å². The first-order valence-electron chi connectivity index (χ1n) is 10.9. The van der Waals surface area contributed by atoms with E-state index in [1.54, 1.807) is 42.3 Å². The molecular formula is C26H23BrClN3O4. The lowest BCUT2D eigenvalue weighted by Gasteiger charge is -2.16. The van der Waals surface area contributed by atoms with Crippen LogP contribution in [0.5, 0.6) is 11.5 Å². The first-order valence-corrected chi connectivity index (χ1v) is 12.1. The molecule has 0 bridgehead atoms. The molecular weight excluding hydrogens is 534 g/mol. The minimum Gasteiger partial charge on any atom is -0.493 e. The SMILES string of the molecule is COc1cc(/C=N/NC(=O)c2cccc(N3CCCC3=O)c2)cc(Br)c1OCc1ccccc1Cl. The molecule has 0 saturated carbocycles. The van der Waals surface area contributed by atoms with Crippen LogP contribution in [0.4, 0.5) is 5.69 Å². The summed E-state index contributed by atoms with van der Waals surface area (Å²) in [7, 11) is 1.55. The van der Waals surface area contributed by atoms with Crippen molar-refractivity contribution in [3.63, 3.8) is 0 Å². The predicted octanol–water partition coefficient (Wildman–Crippen LogP) is 5.58. The Bertz CT molecular complexity index is 1280. The molecule has 0 atom stereocenters. The molecule has 1 fully saturated rings. The first kappa shape index (κ1) is 24.8. The van der Waals surface area contributed by atoms with Gasteiger partial charge < -0.3 is 14.4 Å². The van der Waals surface area contributed by atoms with Gasteiger partial charge in [-0.05, 0) is 64.3 Å². The fraction of sp³-hybridized carbons (Fsp3) is 0.192. The maximum atomic E-state index is 12.6. The number of methoxy groups -OCH3 is 1. The van der Waals surface area contributed by atoms with Gasteiger partial charge in [0.25, 0.3) is 5.91 Å². The molecule has 1 aliphatic heterocycles. The van der Waals surface area contributed by atoms with Crippen molar-refractivity contribution in [1.82, 2.24) is 5.43 Å². The van der Waals surface area contributed by atoms with E-state index in [4.69, 9.17) is 21.1 Å². The molecule has 0 unspecified atom stereocenters. The molecule has 1 heterocycles. The first-order chi connectivity index (χ1) is 17.0. The van der Waals surface area contributed by atoms with Gasteiger partial charge in [-0.3, -0.25) is 9.59 Å². The van der Waals surface area contributed by atoms with E-state index in [0.29, 0.717) is 50.8 Å². The van der Waals surface area contributed by atoms with Crippen LogP contribution in [-0.4, -0.2) is 31.7 Å². The molecule has 180 valence electrons. The number of rotatable bonds is 8. The lowest BCUT2D eigenvalue weighted by atomic mass is 10.2. The largest absolute Gasteiger partial charge is 0.493 e. The number of nitrogens with zero attached hydrogens (tertiary/aromatic N) is 2. The van der Waals surface area contributed by atoms with E-state index in [2.05, 4.69) is 26.5 Å². The van der Waals surface area contributed by atoms with Gasteiger partial charge in [0.2, 0.25) is 5.91 Å². The quantitative estimate of drug-likeness (QED) is 0.290. The van der Waals surface area contributed by atoms with Gasteiger partial charge in [0.15, 0.2) is 11.5 Å². The molecule has 4 rings (SSSR count). The zero-order valence-electron chi connectivity index (χ0n) is 19.0. The molecule has 1 N–H and O–H groups in total. The zero-order valence-corrected chi connectivity index (χ0v) is 21.3. The van der Waals surface area contributed by atoms with Gasteiger partial charge in [0.1, 0.15) is 6.61 Å². The van der Waals surface area contributed by atoms with Crippen LogP contribution in [0.1, 0.15) is 34.3 Å². The Morgan fingerprint density at radius 1 is 1.20 bits per heavy atom. The molecule has 3 aromatic carbocycles. The molecule has 0 aromatic heterocycles. The Morgan fingerprint density at radius 3 is 2.77 bits per heavy atom. The normalized spacial score (nSPS) is 13.3. The molecule has 35 heavy (non-hydrogen) atoms. The van der Waals surface area contributed by atoms with Crippen molar-refractivity contribution < 1.29 is 19.1 Å². The average Bonchev–Trinajstić information content (AvgIpc) is 3.30. The maximum absolute atomic E-state index is 12.6. The van der Waals surface area contributed by atoms with Crippen LogP contribution in [0.2, 0.25) is 5.02 Å². The summed E-state index contributed by atoms with van der Waals surface area (Å²) in [6, 6.07) is 18.0. The number of nitrogens with one attached hydrogen (secondary N) is 1. The Labute approximate surface area is 216 Å². The van der Waals surface area contributed by atoms with E-state index < -0.39 is 0 Å². The monoisotopic (exact) mass is 555 g/mol. The minimum absolute atomic E-state index is 0.0689. The highest BCUT2D eigenvalue weighted by Crippen LogP contribution is 2.37. The fourth-order valence-corrected chi connectivity index (χ4v) is 4.45. The van der Waals surface area contributed by atoms with Gasteiger partial charge in [-0.1, -0.05) is 35.9 Å². The Hall–Kier alpha value is -3.36. The molecule has 1 saturated heterocycles. The zero-order chi connectivity index (χ0) is 24.8. The number of hydrogen-bond acceptors (Lipinski definition) is 5. The Morgan fingerprint density at radius 2 is 2.03 bits per heavy atom. The van der Waals surface area contributed by atoms with E-state index in [0.717, 1.165) is 12.0 Å². The molecule has 0 spiro atoms. The number of hydrazone groups is 1. The van der Waals surface area contributed by atoms with Gasteiger partial charge in [0.05, 0.1) is 17.8 Å². The van der Waals surface area contributed by atoms with Crippen molar-refractivity contribution in [2.24, 2.45) is 5.10 Å². The van der Waals surface area contributed by atoms with Gasteiger partial charge in [-0.15, -0.1) is 0 Å². The summed E-state index contributed by atoms with van der Waals surface area (Å²) in [4.78, 5) is 26.3. The molecule has 2 amide bonds. The summed E-state index contributed by atoms with van der Waals surface area (Å²) < 4.78 is 12.1. The van der Waals surface area contributed by atoms with Crippen molar-refractivity contribution >= 4 is 51.2 Å². The summed E-state index contributed by atoms with van der Waals surface area (Å²) >= 11 is 9.73. The third-order valence-electron chi connectivity index (χ3n) is 5.45. The van der Waals surface area contributed by atoms with Crippen molar-refractivity contribution in [3.8, 4) is 11.5 Å². The third kappa shape index (κ3) is 6.01. The predicted molar refractivity (Wildman–Crippen MR) is 140 cm³/mol. The number of ether oxygens (including phenoxy) is 2. The van der Waals surface area contributed by atoms with Crippen LogP contribution < -0.4 is 19.8 Å². The second-order valence-electron chi connectivity index (χ2n) is 7.81. The van der Waals surface area contributed by atoms with Crippen LogP contribution >= 0.6 is 27.5 Å². The molecule has 3 aromatic rings. The Balaban J connectivity index is 1.42. The number of carbonyl (C=O) groups excluding carboxylic acids is 2. The molecule has 9 heteroatoms. The fourth-order valence-electron chi connectivity index (χ4n) is 3.69. The highest BCUT2D eigenvalue weighted by atomic mass is 79.9.